The fraction of sp³-hybridized carbons (Fsp3) is 0.533. The van der Waals surface area contributed by atoms with Crippen molar-refractivity contribution in [2.75, 3.05) is 44.3 Å². The molecule has 1 aromatic carbocycles. The van der Waals surface area contributed by atoms with Crippen LogP contribution in [0.5, 0.6) is 0 Å². The minimum absolute atomic E-state index is 0.220. The molecule has 1 N–H and O–H groups in total. The molecule has 23 heavy (non-hydrogen) atoms. The molecule has 0 spiro atoms. The Morgan fingerprint density at radius 3 is 2.48 bits per heavy atom. The van der Waals surface area contributed by atoms with Gasteiger partial charge in [0.25, 0.3) is 0 Å². The fourth-order valence-electron chi connectivity index (χ4n) is 1.99. The number of sulfonamides is 1. The molecule has 1 rings (SSSR count). The Balaban J connectivity index is 2.76. The van der Waals surface area contributed by atoms with E-state index in [1.54, 1.807) is 18.2 Å². The zero-order chi connectivity index (χ0) is 17.6. The van der Waals surface area contributed by atoms with Crippen molar-refractivity contribution in [3.8, 4) is 0 Å². The number of amides is 1. The van der Waals surface area contributed by atoms with Gasteiger partial charge in [-0.15, -0.1) is 0 Å². The first kappa shape index (κ1) is 19.9. The molecule has 0 saturated carbocycles. The summed E-state index contributed by atoms with van der Waals surface area (Å²) in [4.78, 5) is 14.1. The number of carbonyl (C=O) groups is 1. The molecule has 0 aliphatic rings. The van der Waals surface area contributed by atoms with Crippen molar-refractivity contribution in [2.24, 2.45) is 0 Å². The Morgan fingerprint density at radius 2 is 1.96 bits per heavy atom. The van der Waals surface area contributed by atoms with Crippen LogP contribution in [0.2, 0.25) is 0 Å². The maximum Gasteiger partial charge on any atom is 0.240 e. The van der Waals surface area contributed by atoms with Crippen LogP contribution in [-0.4, -0.2) is 59.2 Å². The largest absolute Gasteiger partial charge is 0.354 e. The lowest BCUT2D eigenvalue weighted by Gasteiger charge is -2.22. The minimum Gasteiger partial charge on any atom is -0.354 e. The van der Waals surface area contributed by atoms with Crippen LogP contribution >= 0.6 is 15.9 Å². The third kappa shape index (κ3) is 6.88. The van der Waals surface area contributed by atoms with E-state index in [-0.39, 0.29) is 12.5 Å². The maximum atomic E-state index is 12.0. The summed E-state index contributed by atoms with van der Waals surface area (Å²) in [7, 11) is 0.385. The Labute approximate surface area is 147 Å². The Kier molecular flexibility index (Phi) is 7.50. The quantitative estimate of drug-likeness (QED) is 0.666. The minimum atomic E-state index is -3.54. The lowest BCUT2D eigenvalue weighted by molar-refractivity contribution is -0.119. The lowest BCUT2D eigenvalue weighted by atomic mass is 10.2. The van der Waals surface area contributed by atoms with Gasteiger partial charge in [0.05, 0.1) is 11.9 Å². The van der Waals surface area contributed by atoms with Crippen LogP contribution in [0.1, 0.15) is 12.0 Å². The van der Waals surface area contributed by atoms with Gasteiger partial charge in [-0.3, -0.25) is 9.10 Å². The smallest absolute Gasteiger partial charge is 0.240 e. The highest BCUT2D eigenvalue weighted by molar-refractivity contribution is 9.10. The highest BCUT2D eigenvalue weighted by Gasteiger charge is 2.21. The molecular weight excluding hydrogens is 382 g/mol. The number of nitrogens with one attached hydrogen (secondary N) is 1. The van der Waals surface area contributed by atoms with Crippen LogP contribution in [-0.2, 0) is 14.8 Å². The van der Waals surface area contributed by atoms with Crippen LogP contribution in [0.25, 0.3) is 0 Å². The first-order chi connectivity index (χ1) is 10.6. The van der Waals surface area contributed by atoms with Crippen molar-refractivity contribution < 1.29 is 13.2 Å². The molecule has 0 radical (unpaired) electrons. The summed E-state index contributed by atoms with van der Waals surface area (Å²) in [5.74, 6) is -0.310. The topological polar surface area (TPSA) is 69.7 Å². The van der Waals surface area contributed by atoms with E-state index < -0.39 is 10.0 Å². The number of halogens is 1. The number of hydrogen-bond donors (Lipinski definition) is 1. The van der Waals surface area contributed by atoms with Gasteiger partial charge in [0, 0.05) is 11.0 Å². The summed E-state index contributed by atoms with van der Waals surface area (Å²) in [5.41, 5.74) is 1.39. The van der Waals surface area contributed by atoms with Gasteiger partial charge in [-0.2, -0.15) is 0 Å². The van der Waals surface area contributed by atoms with Gasteiger partial charge in [0.1, 0.15) is 6.54 Å². The molecule has 130 valence electrons. The van der Waals surface area contributed by atoms with Crippen LogP contribution in [0.15, 0.2) is 22.7 Å². The Morgan fingerprint density at radius 1 is 1.30 bits per heavy atom. The SMILES string of the molecule is Cc1cc(N(CC(=O)NCCCN(C)C)S(C)(=O)=O)ccc1Br. The average Bonchev–Trinajstić information content (AvgIpc) is 2.43. The molecular formula is C15H24BrN3O3S. The second-order valence-corrected chi connectivity index (χ2v) is 8.47. The molecule has 0 fully saturated rings. The van der Waals surface area contributed by atoms with Crippen LogP contribution in [0.4, 0.5) is 5.69 Å². The number of hydrogen-bond acceptors (Lipinski definition) is 4. The molecule has 0 aliphatic carbocycles. The molecule has 8 heteroatoms. The van der Waals surface area contributed by atoms with Gasteiger partial charge < -0.3 is 10.2 Å². The second kappa shape index (κ2) is 8.65. The van der Waals surface area contributed by atoms with E-state index in [9.17, 15) is 13.2 Å². The predicted octanol–water partition coefficient (Wildman–Crippen LogP) is 1.59. The summed E-state index contributed by atoms with van der Waals surface area (Å²) in [6.07, 6.45) is 1.92. The van der Waals surface area contributed by atoms with E-state index in [1.807, 2.05) is 25.9 Å². The summed E-state index contributed by atoms with van der Waals surface area (Å²) < 4.78 is 26.0. The normalized spacial score (nSPS) is 11.6. The monoisotopic (exact) mass is 405 g/mol. The Bertz CT molecular complexity index is 647. The number of rotatable bonds is 8. The van der Waals surface area contributed by atoms with Gasteiger partial charge in [-0.25, -0.2) is 8.42 Å². The second-order valence-electron chi connectivity index (χ2n) is 5.71. The molecule has 1 aromatic rings. The van der Waals surface area contributed by atoms with Crippen LogP contribution in [0.3, 0.4) is 0 Å². The van der Waals surface area contributed by atoms with Gasteiger partial charge in [-0.05, 0) is 57.7 Å². The van der Waals surface area contributed by atoms with Crippen molar-refractivity contribution >= 4 is 37.5 Å². The first-order valence-electron chi connectivity index (χ1n) is 7.26. The molecule has 6 nitrogen and oxygen atoms in total. The molecule has 0 bridgehead atoms. The molecule has 0 heterocycles. The van der Waals surface area contributed by atoms with Crippen molar-refractivity contribution in [1.82, 2.24) is 10.2 Å². The number of benzene rings is 1. The van der Waals surface area contributed by atoms with Crippen LogP contribution in [0, 0.1) is 6.92 Å². The van der Waals surface area contributed by atoms with E-state index in [2.05, 4.69) is 21.2 Å². The summed E-state index contributed by atoms with van der Waals surface area (Å²) in [6.45, 7) is 3.03. The van der Waals surface area contributed by atoms with E-state index in [0.29, 0.717) is 12.2 Å². The van der Waals surface area contributed by atoms with Crippen molar-refractivity contribution in [1.29, 1.82) is 0 Å². The van der Waals surface area contributed by atoms with Gasteiger partial charge in [-0.1, -0.05) is 15.9 Å². The standard InChI is InChI=1S/C15H24BrN3O3S/c1-12-10-13(6-7-14(12)16)19(23(4,21)22)11-15(20)17-8-5-9-18(2)3/h6-7,10H,5,8-9,11H2,1-4H3,(H,17,20). The summed E-state index contributed by atoms with van der Waals surface area (Å²) >= 11 is 3.38. The zero-order valence-corrected chi connectivity index (χ0v) is 16.4. The highest BCUT2D eigenvalue weighted by atomic mass is 79.9. The van der Waals surface area contributed by atoms with E-state index in [1.165, 1.54) is 0 Å². The third-order valence-corrected chi connectivity index (χ3v) is 5.25. The predicted molar refractivity (Wildman–Crippen MR) is 97.2 cm³/mol. The van der Waals surface area contributed by atoms with E-state index >= 15 is 0 Å². The zero-order valence-electron chi connectivity index (χ0n) is 14.0. The fourth-order valence-corrected chi connectivity index (χ4v) is 3.09. The van der Waals surface area contributed by atoms with Crippen molar-refractivity contribution in [3.05, 3.63) is 28.2 Å². The highest BCUT2D eigenvalue weighted by Crippen LogP contribution is 2.24. The van der Waals surface area contributed by atoms with E-state index in [4.69, 9.17) is 0 Å². The van der Waals surface area contributed by atoms with Gasteiger partial charge in [0.15, 0.2) is 0 Å². The van der Waals surface area contributed by atoms with Gasteiger partial charge >= 0.3 is 0 Å². The molecule has 0 aromatic heterocycles. The van der Waals surface area contributed by atoms with Crippen molar-refractivity contribution in [2.45, 2.75) is 13.3 Å². The summed E-state index contributed by atoms with van der Waals surface area (Å²) in [6, 6.07) is 5.19. The molecule has 0 saturated heterocycles. The first-order valence-corrected chi connectivity index (χ1v) is 9.90. The van der Waals surface area contributed by atoms with Crippen LogP contribution < -0.4 is 9.62 Å². The van der Waals surface area contributed by atoms with Gasteiger partial charge in [0.2, 0.25) is 15.9 Å². The number of carbonyl (C=O) groups excluding carboxylic acids is 1. The molecule has 1 amide bonds. The third-order valence-electron chi connectivity index (χ3n) is 3.22. The number of anilines is 1. The molecule has 0 aliphatic heterocycles. The molecule has 0 unspecified atom stereocenters. The Hall–Kier alpha value is -1.12. The average molecular weight is 406 g/mol. The number of aryl methyl sites for hydroxylation is 1. The molecule has 0 atom stereocenters. The van der Waals surface area contributed by atoms with Crippen molar-refractivity contribution in [3.63, 3.8) is 0 Å². The summed E-state index contributed by atoms with van der Waals surface area (Å²) in [5, 5.41) is 2.76. The van der Waals surface area contributed by atoms with E-state index in [0.717, 1.165) is 33.6 Å². The number of nitrogens with zero attached hydrogens (tertiary/aromatic N) is 2. The maximum absolute atomic E-state index is 12.0. The lowest BCUT2D eigenvalue weighted by Crippen LogP contribution is -2.41.